The lowest BCUT2D eigenvalue weighted by atomic mass is 9.90. The van der Waals surface area contributed by atoms with E-state index in [1.807, 2.05) is 24.5 Å². The summed E-state index contributed by atoms with van der Waals surface area (Å²) in [5.74, 6) is 2.01. The third-order valence-electron chi connectivity index (χ3n) is 6.06. The van der Waals surface area contributed by atoms with Gasteiger partial charge in [0.1, 0.15) is 12.2 Å². The molecule has 1 amide bonds. The Kier molecular flexibility index (Phi) is 4.55. The van der Waals surface area contributed by atoms with Gasteiger partial charge in [-0.1, -0.05) is 30.3 Å². The van der Waals surface area contributed by atoms with Crippen LogP contribution in [-0.4, -0.2) is 38.7 Å². The predicted molar refractivity (Wildman–Crippen MR) is 101 cm³/mol. The van der Waals surface area contributed by atoms with Gasteiger partial charge < -0.3 is 9.47 Å². The molecule has 26 heavy (non-hydrogen) atoms. The summed E-state index contributed by atoms with van der Waals surface area (Å²) in [6, 6.07) is 10.7. The molecule has 2 aliphatic rings. The molecule has 1 aromatic carbocycles. The Morgan fingerprint density at radius 2 is 1.88 bits per heavy atom. The summed E-state index contributed by atoms with van der Waals surface area (Å²) >= 11 is 0. The highest BCUT2D eigenvalue weighted by Crippen LogP contribution is 2.49. The fourth-order valence-electron chi connectivity index (χ4n) is 4.25. The fraction of sp³-hybridized carbons (Fsp3) is 0.571. The second kappa shape index (κ2) is 6.86. The second-order valence-corrected chi connectivity index (χ2v) is 8.14. The van der Waals surface area contributed by atoms with E-state index in [4.69, 9.17) is 0 Å². The standard InChI is InChI=1S/C21H28N4O/c1-16(2)25-15-22-23-19(25)14-17-8-12-24(13-9-17)20(26)21(10-11-21)18-6-4-3-5-7-18/h3-7,15-17H,8-14H2,1-2H3. The first-order valence-corrected chi connectivity index (χ1v) is 9.83. The lowest BCUT2D eigenvalue weighted by molar-refractivity contribution is -0.135. The Morgan fingerprint density at radius 1 is 1.19 bits per heavy atom. The van der Waals surface area contributed by atoms with Crippen LogP contribution >= 0.6 is 0 Å². The molecule has 0 atom stereocenters. The molecule has 1 saturated heterocycles. The lowest BCUT2D eigenvalue weighted by Crippen LogP contribution is -2.44. The Hall–Kier alpha value is -2.17. The SMILES string of the molecule is CC(C)n1cnnc1CC1CCN(C(=O)C2(c3ccccc3)CC2)CC1. The first-order chi connectivity index (χ1) is 12.6. The van der Waals surface area contributed by atoms with Gasteiger partial charge in [0, 0.05) is 25.6 Å². The molecule has 4 rings (SSSR count). The van der Waals surface area contributed by atoms with Crippen LogP contribution in [-0.2, 0) is 16.6 Å². The van der Waals surface area contributed by atoms with Gasteiger partial charge in [0.15, 0.2) is 0 Å². The minimum Gasteiger partial charge on any atom is -0.342 e. The van der Waals surface area contributed by atoms with E-state index in [1.54, 1.807) is 0 Å². The molecule has 1 saturated carbocycles. The summed E-state index contributed by atoms with van der Waals surface area (Å²) in [5, 5.41) is 8.38. The van der Waals surface area contributed by atoms with Crippen molar-refractivity contribution in [1.82, 2.24) is 19.7 Å². The number of aromatic nitrogens is 3. The molecule has 1 aliphatic carbocycles. The van der Waals surface area contributed by atoms with Gasteiger partial charge in [0.2, 0.25) is 5.91 Å². The number of amides is 1. The smallest absolute Gasteiger partial charge is 0.233 e. The van der Waals surface area contributed by atoms with Crippen molar-refractivity contribution < 1.29 is 4.79 Å². The molecule has 138 valence electrons. The molecule has 1 aliphatic heterocycles. The maximum absolute atomic E-state index is 13.1. The van der Waals surface area contributed by atoms with Crippen molar-refractivity contribution >= 4 is 5.91 Å². The summed E-state index contributed by atoms with van der Waals surface area (Å²) in [6.07, 6.45) is 6.89. The number of likely N-dealkylation sites (tertiary alicyclic amines) is 1. The van der Waals surface area contributed by atoms with Crippen LogP contribution < -0.4 is 0 Å². The summed E-state index contributed by atoms with van der Waals surface area (Å²) in [6.45, 7) is 6.06. The van der Waals surface area contributed by atoms with Crippen LogP contribution in [0, 0.1) is 5.92 Å². The van der Waals surface area contributed by atoms with Crippen molar-refractivity contribution in [2.24, 2.45) is 5.92 Å². The molecule has 1 aromatic heterocycles. The van der Waals surface area contributed by atoms with Crippen LogP contribution in [0.15, 0.2) is 36.7 Å². The first kappa shape index (κ1) is 17.3. The number of benzene rings is 1. The van der Waals surface area contributed by atoms with Gasteiger partial charge in [-0.2, -0.15) is 0 Å². The summed E-state index contributed by atoms with van der Waals surface area (Å²) in [5.41, 5.74) is 0.962. The minimum atomic E-state index is -0.230. The quantitative estimate of drug-likeness (QED) is 0.829. The Morgan fingerprint density at radius 3 is 2.50 bits per heavy atom. The molecule has 2 heterocycles. The second-order valence-electron chi connectivity index (χ2n) is 8.14. The fourth-order valence-corrected chi connectivity index (χ4v) is 4.25. The van der Waals surface area contributed by atoms with E-state index in [-0.39, 0.29) is 5.41 Å². The molecular formula is C21H28N4O. The molecule has 0 spiro atoms. The topological polar surface area (TPSA) is 51.0 Å². The third kappa shape index (κ3) is 3.15. The zero-order valence-corrected chi connectivity index (χ0v) is 15.8. The Labute approximate surface area is 155 Å². The van der Waals surface area contributed by atoms with Gasteiger partial charge in [-0.25, -0.2) is 0 Å². The van der Waals surface area contributed by atoms with Crippen molar-refractivity contribution in [2.75, 3.05) is 13.1 Å². The van der Waals surface area contributed by atoms with Gasteiger partial charge in [-0.3, -0.25) is 4.79 Å². The van der Waals surface area contributed by atoms with E-state index in [1.165, 1.54) is 5.56 Å². The molecule has 0 radical (unpaired) electrons. The molecule has 0 N–H and O–H groups in total. The van der Waals surface area contributed by atoms with Crippen LogP contribution in [0.1, 0.15) is 57.0 Å². The monoisotopic (exact) mass is 352 g/mol. The molecule has 2 aromatic rings. The summed E-state index contributed by atoms with van der Waals surface area (Å²) in [7, 11) is 0. The predicted octanol–water partition coefficient (Wildman–Crippen LogP) is 3.37. The Bertz CT molecular complexity index is 755. The van der Waals surface area contributed by atoms with Gasteiger partial charge in [-0.15, -0.1) is 10.2 Å². The average Bonchev–Trinajstić information content (AvgIpc) is 3.35. The Balaban J connectivity index is 1.37. The van der Waals surface area contributed by atoms with Crippen molar-refractivity contribution in [3.8, 4) is 0 Å². The van der Waals surface area contributed by atoms with Gasteiger partial charge >= 0.3 is 0 Å². The highest BCUT2D eigenvalue weighted by atomic mass is 16.2. The molecule has 5 nitrogen and oxygen atoms in total. The zero-order chi connectivity index (χ0) is 18.1. The van der Waals surface area contributed by atoms with Gasteiger partial charge in [0.25, 0.3) is 0 Å². The molecule has 0 bridgehead atoms. The number of nitrogens with zero attached hydrogens (tertiary/aromatic N) is 4. The number of rotatable bonds is 5. The van der Waals surface area contributed by atoms with Crippen LogP contribution in [0.5, 0.6) is 0 Å². The van der Waals surface area contributed by atoms with Crippen LogP contribution in [0.3, 0.4) is 0 Å². The largest absolute Gasteiger partial charge is 0.342 e. The lowest BCUT2D eigenvalue weighted by Gasteiger charge is -2.34. The minimum absolute atomic E-state index is 0.230. The average molecular weight is 352 g/mol. The van der Waals surface area contributed by atoms with E-state index in [0.717, 1.165) is 51.0 Å². The maximum atomic E-state index is 13.1. The van der Waals surface area contributed by atoms with E-state index >= 15 is 0 Å². The van der Waals surface area contributed by atoms with E-state index < -0.39 is 0 Å². The number of hydrogen-bond donors (Lipinski definition) is 0. The van der Waals surface area contributed by atoms with E-state index in [2.05, 4.69) is 45.6 Å². The summed E-state index contributed by atoms with van der Waals surface area (Å²) < 4.78 is 2.16. The van der Waals surface area contributed by atoms with Crippen LogP contribution in [0.2, 0.25) is 0 Å². The number of carbonyl (C=O) groups excluding carboxylic acids is 1. The summed E-state index contributed by atoms with van der Waals surface area (Å²) in [4.78, 5) is 15.3. The highest BCUT2D eigenvalue weighted by molar-refractivity contribution is 5.91. The van der Waals surface area contributed by atoms with Crippen molar-refractivity contribution in [3.63, 3.8) is 0 Å². The highest BCUT2D eigenvalue weighted by Gasteiger charge is 2.53. The number of piperidine rings is 1. The molecule has 2 fully saturated rings. The number of hydrogen-bond acceptors (Lipinski definition) is 3. The van der Waals surface area contributed by atoms with Crippen molar-refractivity contribution in [1.29, 1.82) is 0 Å². The van der Waals surface area contributed by atoms with Gasteiger partial charge in [0.05, 0.1) is 5.41 Å². The number of carbonyl (C=O) groups is 1. The van der Waals surface area contributed by atoms with Crippen LogP contribution in [0.25, 0.3) is 0 Å². The zero-order valence-electron chi connectivity index (χ0n) is 15.8. The molecular weight excluding hydrogens is 324 g/mol. The van der Waals surface area contributed by atoms with Crippen molar-refractivity contribution in [2.45, 2.75) is 57.4 Å². The first-order valence-electron chi connectivity index (χ1n) is 9.83. The molecule has 5 heteroatoms. The van der Waals surface area contributed by atoms with E-state index in [9.17, 15) is 4.79 Å². The van der Waals surface area contributed by atoms with Gasteiger partial charge in [-0.05, 0) is 51.0 Å². The van der Waals surface area contributed by atoms with Crippen LogP contribution in [0.4, 0.5) is 0 Å². The maximum Gasteiger partial charge on any atom is 0.233 e. The molecule has 0 unspecified atom stereocenters. The third-order valence-corrected chi connectivity index (χ3v) is 6.06. The normalized spacial score (nSPS) is 19.7. The van der Waals surface area contributed by atoms with Crippen molar-refractivity contribution in [3.05, 3.63) is 48.0 Å². The van der Waals surface area contributed by atoms with E-state index in [0.29, 0.717) is 17.9 Å².